The summed E-state index contributed by atoms with van der Waals surface area (Å²) < 4.78 is 17.8. The average Bonchev–Trinajstić information content (AvgIpc) is 3.37. The molecule has 0 aromatic carbocycles. The second-order valence-corrected chi connectivity index (χ2v) is 15.2. The van der Waals surface area contributed by atoms with Crippen molar-refractivity contribution in [1.29, 1.82) is 0 Å². The van der Waals surface area contributed by atoms with Gasteiger partial charge in [0.05, 0.1) is 30.5 Å². The number of aliphatic hydroxyl groups excluding tert-OH is 2. The van der Waals surface area contributed by atoms with Crippen molar-refractivity contribution in [3.05, 3.63) is 0 Å². The van der Waals surface area contributed by atoms with E-state index in [9.17, 15) is 10.2 Å². The monoisotopic (exact) mass is 580 g/mol. The number of rotatable bonds is 22. The molecule has 2 rings (SSSR count). The number of hydrogen-bond acceptors (Lipinski definition) is 11. The van der Waals surface area contributed by atoms with Gasteiger partial charge in [-0.25, -0.2) is 0 Å². The summed E-state index contributed by atoms with van der Waals surface area (Å²) >= 11 is 0. The molecule has 0 radical (unpaired) electrons. The predicted octanol–water partition coefficient (Wildman–Crippen LogP) is -1.43. The summed E-state index contributed by atoms with van der Waals surface area (Å²) in [6, 6.07) is 3.23. The van der Waals surface area contributed by atoms with Crippen molar-refractivity contribution in [3.8, 4) is 0 Å². The van der Waals surface area contributed by atoms with Gasteiger partial charge in [-0.1, -0.05) is 12.1 Å². The van der Waals surface area contributed by atoms with E-state index >= 15 is 0 Å². The van der Waals surface area contributed by atoms with Gasteiger partial charge in [-0.3, -0.25) is 0 Å². The van der Waals surface area contributed by atoms with Gasteiger partial charge in [0.25, 0.3) is 0 Å². The molecule has 13 heteroatoms. The standard InChI is InChI=1S/C13H33N3O2Si.C12H27N3O3Si/c1-11(17)13(12(2)18)10-19-9-3-5-15-7-8-16-6-4-14;1-10-12-11(2)17-19(16-10,18-12)9-3-5-14-7-8-15-6-4-13/h11-13,15-18H,3-10,14,19H2,1-2H3;10-12,14-15H,3-9,13H2,1-2H3. The van der Waals surface area contributed by atoms with Gasteiger partial charge in [-0.2, -0.15) is 0 Å². The lowest BCUT2D eigenvalue weighted by Gasteiger charge is -2.26. The van der Waals surface area contributed by atoms with E-state index in [-0.39, 0.29) is 46.0 Å². The maximum Gasteiger partial charge on any atom is 0.502 e. The van der Waals surface area contributed by atoms with Crippen LogP contribution in [0.5, 0.6) is 0 Å². The van der Waals surface area contributed by atoms with Gasteiger partial charge >= 0.3 is 8.80 Å². The summed E-state index contributed by atoms with van der Waals surface area (Å²) in [6.45, 7) is 16.8. The van der Waals surface area contributed by atoms with E-state index in [1.54, 1.807) is 13.8 Å². The second kappa shape index (κ2) is 21.7. The van der Waals surface area contributed by atoms with Gasteiger partial charge in [-0.05, 0) is 53.6 Å². The first-order valence-electron chi connectivity index (χ1n) is 14.9. The molecule has 0 aliphatic carbocycles. The van der Waals surface area contributed by atoms with Crippen molar-refractivity contribution in [2.75, 3.05) is 65.4 Å². The van der Waals surface area contributed by atoms with Crippen LogP contribution >= 0.6 is 0 Å². The van der Waals surface area contributed by atoms with Crippen molar-refractivity contribution in [2.45, 2.75) is 89.2 Å². The summed E-state index contributed by atoms with van der Waals surface area (Å²) in [5.74, 6) is 0.0695. The molecule has 2 aliphatic heterocycles. The molecule has 0 aromatic heterocycles. The van der Waals surface area contributed by atoms with Crippen molar-refractivity contribution >= 4 is 18.3 Å². The molecule has 4 atom stereocenters. The molecule has 2 saturated heterocycles. The third kappa shape index (κ3) is 15.1. The van der Waals surface area contributed by atoms with Crippen LogP contribution in [0.15, 0.2) is 0 Å². The van der Waals surface area contributed by atoms with E-state index in [4.69, 9.17) is 24.7 Å². The fourth-order valence-corrected chi connectivity index (χ4v) is 10.6. The van der Waals surface area contributed by atoms with Gasteiger partial charge in [0.15, 0.2) is 0 Å². The fraction of sp³-hybridized carbons (Fsp3) is 1.00. The van der Waals surface area contributed by atoms with E-state index in [0.29, 0.717) is 13.1 Å². The van der Waals surface area contributed by atoms with Crippen molar-refractivity contribution in [1.82, 2.24) is 21.3 Å². The van der Waals surface area contributed by atoms with Crippen LogP contribution in [0.1, 0.15) is 40.5 Å². The molecule has 2 heterocycles. The molecule has 0 spiro atoms. The Labute approximate surface area is 235 Å². The highest BCUT2D eigenvalue weighted by atomic mass is 28.4. The van der Waals surface area contributed by atoms with E-state index in [1.165, 1.54) is 12.5 Å². The lowest BCUT2D eigenvalue weighted by molar-refractivity contribution is 0.0404. The zero-order valence-corrected chi connectivity index (χ0v) is 27.0. The molecule has 228 valence electrons. The van der Waals surface area contributed by atoms with Crippen LogP contribution < -0.4 is 32.7 Å². The molecule has 4 unspecified atom stereocenters. The Morgan fingerprint density at radius 1 is 0.737 bits per heavy atom. The molecule has 2 aliphatic rings. The normalized spacial score (nSPS) is 27.0. The highest BCUT2D eigenvalue weighted by Crippen LogP contribution is 2.40. The lowest BCUT2D eigenvalue weighted by Crippen LogP contribution is -2.44. The first kappa shape index (κ1) is 36.0. The van der Waals surface area contributed by atoms with Gasteiger partial charge in [0.2, 0.25) is 0 Å². The van der Waals surface area contributed by atoms with Crippen LogP contribution in [0.4, 0.5) is 0 Å². The smallest absolute Gasteiger partial charge is 0.393 e. The van der Waals surface area contributed by atoms with Crippen molar-refractivity contribution in [3.63, 3.8) is 0 Å². The Bertz CT molecular complexity index is 550. The van der Waals surface area contributed by atoms with Crippen LogP contribution in [0.2, 0.25) is 18.1 Å². The van der Waals surface area contributed by atoms with Crippen LogP contribution in [0.3, 0.4) is 0 Å². The highest BCUT2D eigenvalue weighted by Gasteiger charge is 2.60. The number of nitrogens with two attached hydrogens (primary N) is 2. The minimum Gasteiger partial charge on any atom is -0.393 e. The Balaban J connectivity index is 0.000000380. The second-order valence-electron chi connectivity index (χ2n) is 10.6. The molecular weight excluding hydrogens is 520 g/mol. The zero-order valence-electron chi connectivity index (χ0n) is 24.6. The van der Waals surface area contributed by atoms with Crippen LogP contribution in [0.25, 0.3) is 0 Å². The number of nitrogens with one attached hydrogen (secondary N) is 4. The summed E-state index contributed by atoms with van der Waals surface area (Å²) in [5, 5.41) is 32.4. The van der Waals surface area contributed by atoms with E-state index < -0.39 is 8.80 Å². The first-order chi connectivity index (χ1) is 18.3. The summed E-state index contributed by atoms with van der Waals surface area (Å²) in [6.07, 6.45) is 2.01. The molecule has 38 heavy (non-hydrogen) atoms. The molecule has 0 aromatic rings. The fourth-order valence-electron chi connectivity index (χ4n) is 4.92. The maximum absolute atomic E-state index is 9.56. The van der Waals surface area contributed by atoms with Gasteiger partial charge in [-0.15, -0.1) is 0 Å². The predicted molar refractivity (Wildman–Crippen MR) is 160 cm³/mol. The molecule has 11 nitrogen and oxygen atoms in total. The minimum atomic E-state index is -2.31. The number of aliphatic hydroxyl groups is 2. The maximum atomic E-state index is 9.56. The topological polar surface area (TPSA) is 168 Å². The zero-order chi connectivity index (χ0) is 28.2. The van der Waals surface area contributed by atoms with E-state index in [2.05, 4.69) is 35.1 Å². The third-order valence-electron chi connectivity index (χ3n) is 7.04. The Hall–Kier alpha value is -0.00623. The summed E-state index contributed by atoms with van der Waals surface area (Å²) in [4.78, 5) is 0. The van der Waals surface area contributed by atoms with Gasteiger partial charge < -0.3 is 56.2 Å². The SMILES string of the molecule is CC(O)C(C[SiH2]CCCNCCNCCN)C(C)O.CC1O[Si]2(CCCNCCNCCN)OC(C)C1O2. The largest absolute Gasteiger partial charge is 0.502 e. The number of hydrogen-bond donors (Lipinski definition) is 8. The molecule has 0 amide bonds. The van der Waals surface area contributed by atoms with Crippen molar-refractivity contribution < 1.29 is 23.5 Å². The average molecular weight is 581 g/mol. The van der Waals surface area contributed by atoms with Gasteiger partial charge in [0.1, 0.15) is 0 Å². The number of fused-ring (bicyclic) bond motifs is 2. The van der Waals surface area contributed by atoms with E-state index in [0.717, 1.165) is 70.9 Å². The van der Waals surface area contributed by atoms with Crippen LogP contribution in [-0.4, -0.2) is 125 Å². The van der Waals surface area contributed by atoms with Crippen LogP contribution in [0, 0.1) is 5.92 Å². The molecule has 0 saturated carbocycles. The highest BCUT2D eigenvalue weighted by molar-refractivity contribution is 6.62. The van der Waals surface area contributed by atoms with E-state index in [1.807, 2.05) is 0 Å². The van der Waals surface area contributed by atoms with Gasteiger partial charge in [0, 0.05) is 73.8 Å². The van der Waals surface area contributed by atoms with Crippen LogP contribution in [-0.2, 0) is 13.3 Å². The first-order valence-corrected chi connectivity index (χ1v) is 18.8. The molecule has 2 bridgehead atoms. The Morgan fingerprint density at radius 3 is 1.66 bits per heavy atom. The minimum absolute atomic E-state index is 0.0695. The quantitative estimate of drug-likeness (QED) is 0.0558. The summed E-state index contributed by atoms with van der Waals surface area (Å²) in [7, 11) is -2.47. The molecular formula is C25H60N6O5Si2. The Morgan fingerprint density at radius 2 is 1.21 bits per heavy atom. The Kier molecular flexibility index (Phi) is 20.6. The molecule has 2 fully saturated rings. The van der Waals surface area contributed by atoms with Crippen molar-refractivity contribution in [2.24, 2.45) is 17.4 Å². The summed E-state index contributed by atoms with van der Waals surface area (Å²) in [5.41, 5.74) is 10.8. The molecule has 10 N–H and O–H groups in total. The third-order valence-corrected chi connectivity index (χ3v) is 12.2. The lowest BCUT2D eigenvalue weighted by atomic mass is 10.0.